The van der Waals surface area contributed by atoms with Gasteiger partial charge in [0.15, 0.2) is 0 Å². The van der Waals surface area contributed by atoms with E-state index >= 15 is 0 Å². The van der Waals surface area contributed by atoms with Gasteiger partial charge in [-0.15, -0.1) is 0 Å². The van der Waals surface area contributed by atoms with E-state index in [1.54, 1.807) is 0 Å². The SMILES string of the molecule is Cc1cc(C)cc(C(=O)NC2CC3CCC2CC3)c1. The summed E-state index contributed by atoms with van der Waals surface area (Å²) in [6.45, 7) is 4.10. The van der Waals surface area contributed by atoms with Crippen LogP contribution in [0.2, 0.25) is 0 Å². The predicted molar refractivity (Wildman–Crippen MR) is 77.2 cm³/mol. The average Bonchev–Trinajstić information content (AvgIpc) is 2.39. The van der Waals surface area contributed by atoms with Gasteiger partial charge in [-0.2, -0.15) is 0 Å². The zero-order valence-electron chi connectivity index (χ0n) is 11.9. The van der Waals surface area contributed by atoms with E-state index in [-0.39, 0.29) is 5.91 Å². The number of nitrogens with one attached hydrogen (secondary N) is 1. The van der Waals surface area contributed by atoms with E-state index in [0.29, 0.717) is 6.04 Å². The van der Waals surface area contributed by atoms with Gasteiger partial charge in [0.1, 0.15) is 0 Å². The number of hydrogen-bond acceptors (Lipinski definition) is 1. The molecule has 4 rings (SSSR count). The fourth-order valence-corrected chi connectivity index (χ4v) is 3.91. The highest BCUT2D eigenvalue weighted by atomic mass is 16.1. The number of benzene rings is 1. The number of amides is 1. The lowest BCUT2D eigenvalue weighted by Gasteiger charge is -2.42. The molecule has 1 N–H and O–H groups in total. The second kappa shape index (κ2) is 4.99. The predicted octanol–water partition coefficient (Wildman–Crippen LogP) is 3.61. The minimum Gasteiger partial charge on any atom is -0.349 e. The van der Waals surface area contributed by atoms with Crippen molar-refractivity contribution >= 4 is 5.91 Å². The van der Waals surface area contributed by atoms with Crippen LogP contribution in [0.15, 0.2) is 18.2 Å². The van der Waals surface area contributed by atoms with Gasteiger partial charge in [-0.05, 0) is 57.1 Å². The molecular formula is C17H23NO. The summed E-state index contributed by atoms with van der Waals surface area (Å²) in [6.07, 6.45) is 6.56. The third kappa shape index (κ3) is 2.68. The highest BCUT2D eigenvalue weighted by Gasteiger charge is 2.36. The van der Waals surface area contributed by atoms with Crippen molar-refractivity contribution in [2.24, 2.45) is 11.8 Å². The third-order valence-corrected chi connectivity index (χ3v) is 4.85. The molecule has 19 heavy (non-hydrogen) atoms. The summed E-state index contributed by atoms with van der Waals surface area (Å²) >= 11 is 0. The molecule has 0 spiro atoms. The molecule has 1 atom stereocenters. The van der Waals surface area contributed by atoms with E-state index < -0.39 is 0 Å². The van der Waals surface area contributed by atoms with Gasteiger partial charge in [0.05, 0.1) is 0 Å². The van der Waals surface area contributed by atoms with Crippen molar-refractivity contribution in [1.29, 1.82) is 0 Å². The molecule has 2 bridgehead atoms. The maximum absolute atomic E-state index is 12.4. The second-order valence-corrected chi connectivity index (χ2v) is 6.47. The zero-order chi connectivity index (χ0) is 13.4. The topological polar surface area (TPSA) is 29.1 Å². The normalized spacial score (nSPS) is 29.3. The molecule has 1 aromatic rings. The maximum atomic E-state index is 12.4. The van der Waals surface area contributed by atoms with Gasteiger partial charge < -0.3 is 5.32 Å². The first-order chi connectivity index (χ1) is 9.11. The number of carbonyl (C=O) groups excluding carboxylic acids is 1. The molecular weight excluding hydrogens is 234 g/mol. The molecule has 1 unspecified atom stereocenters. The van der Waals surface area contributed by atoms with Gasteiger partial charge in [-0.3, -0.25) is 4.79 Å². The Labute approximate surface area is 115 Å². The molecule has 3 aliphatic carbocycles. The maximum Gasteiger partial charge on any atom is 0.251 e. The monoisotopic (exact) mass is 257 g/mol. The van der Waals surface area contributed by atoms with Crippen molar-refractivity contribution in [3.05, 3.63) is 34.9 Å². The van der Waals surface area contributed by atoms with Gasteiger partial charge in [0, 0.05) is 11.6 Å². The third-order valence-electron chi connectivity index (χ3n) is 4.85. The number of hydrogen-bond donors (Lipinski definition) is 1. The van der Waals surface area contributed by atoms with Crippen LogP contribution < -0.4 is 5.32 Å². The van der Waals surface area contributed by atoms with Crippen molar-refractivity contribution < 1.29 is 4.79 Å². The molecule has 2 nitrogen and oxygen atoms in total. The molecule has 3 saturated carbocycles. The Morgan fingerprint density at radius 1 is 1.05 bits per heavy atom. The van der Waals surface area contributed by atoms with Crippen LogP contribution in [0, 0.1) is 25.7 Å². The molecule has 0 saturated heterocycles. The molecule has 0 aliphatic heterocycles. The first-order valence-electron chi connectivity index (χ1n) is 7.51. The molecule has 1 aromatic carbocycles. The van der Waals surface area contributed by atoms with E-state index in [9.17, 15) is 4.79 Å². The van der Waals surface area contributed by atoms with Crippen LogP contribution in [-0.2, 0) is 0 Å². The Kier molecular flexibility index (Phi) is 3.34. The fraction of sp³-hybridized carbons (Fsp3) is 0.588. The number of rotatable bonds is 2. The Balaban J connectivity index is 1.71. The average molecular weight is 257 g/mol. The van der Waals surface area contributed by atoms with Crippen LogP contribution in [0.3, 0.4) is 0 Å². The van der Waals surface area contributed by atoms with E-state index in [1.165, 1.54) is 32.1 Å². The van der Waals surface area contributed by atoms with Gasteiger partial charge in [-0.25, -0.2) is 0 Å². The molecule has 0 heterocycles. The van der Waals surface area contributed by atoms with E-state index in [4.69, 9.17) is 0 Å². The molecule has 1 amide bonds. The number of aryl methyl sites for hydroxylation is 2. The van der Waals surface area contributed by atoms with E-state index in [1.807, 2.05) is 26.0 Å². The Hall–Kier alpha value is -1.31. The quantitative estimate of drug-likeness (QED) is 0.861. The van der Waals surface area contributed by atoms with Crippen molar-refractivity contribution in [3.63, 3.8) is 0 Å². The van der Waals surface area contributed by atoms with E-state index in [2.05, 4.69) is 11.4 Å². The van der Waals surface area contributed by atoms with Crippen molar-refractivity contribution in [1.82, 2.24) is 5.32 Å². The number of fused-ring (bicyclic) bond motifs is 3. The van der Waals surface area contributed by atoms with Crippen LogP contribution in [-0.4, -0.2) is 11.9 Å². The minimum atomic E-state index is 0.115. The van der Waals surface area contributed by atoms with Gasteiger partial charge in [0.2, 0.25) is 0 Å². The summed E-state index contributed by atoms with van der Waals surface area (Å²) in [4.78, 5) is 12.4. The smallest absolute Gasteiger partial charge is 0.251 e. The summed E-state index contributed by atoms with van der Waals surface area (Å²) < 4.78 is 0. The highest BCUT2D eigenvalue weighted by molar-refractivity contribution is 5.94. The summed E-state index contributed by atoms with van der Waals surface area (Å²) in [5, 5.41) is 3.28. The lowest BCUT2D eigenvalue weighted by Crippen LogP contribution is -2.47. The summed E-state index contributed by atoms with van der Waals surface area (Å²) in [5.74, 6) is 1.69. The Bertz CT molecular complexity index is 466. The first-order valence-corrected chi connectivity index (χ1v) is 7.51. The molecule has 2 heteroatoms. The molecule has 0 aromatic heterocycles. The van der Waals surface area contributed by atoms with Crippen molar-refractivity contribution in [2.45, 2.75) is 52.0 Å². The summed E-state index contributed by atoms with van der Waals surface area (Å²) in [7, 11) is 0. The first kappa shape index (κ1) is 12.7. The van der Waals surface area contributed by atoms with Crippen molar-refractivity contribution in [3.8, 4) is 0 Å². The second-order valence-electron chi connectivity index (χ2n) is 6.47. The standard InChI is InChI=1S/C17H23NO/c1-11-7-12(2)9-15(8-11)17(19)18-16-10-13-3-5-14(16)6-4-13/h7-9,13-14,16H,3-6,10H2,1-2H3,(H,18,19). The zero-order valence-corrected chi connectivity index (χ0v) is 11.9. The van der Waals surface area contributed by atoms with Gasteiger partial charge in [-0.1, -0.05) is 30.0 Å². The summed E-state index contributed by atoms with van der Waals surface area (Å²) in [6, 6.07) is 6.51. The fourth-order valence-electron chi connectivity index (χ4n) is 3.91. The Morgan fingerprint density at radius 2 is 1.68 bits per heavy atom. The van der Waals surface area contributed by atoms with Crippen LogP contribution in [0.25, 0.3) is 0 Å². The van der Waals surface area contributed by atoms with Crippen LogP contribution in [0.5, 0.6) is 0 Å². The van der Waals surface area contributed by atoms with Gasteiger partial charge in [0.25, 0.3) is 5.91 Å². The summed E-state index contributed by atoms with van der Waals surface area (Å²) in [5.41, 5.74) is 3.14. The molecule has 3 aliphatic rings. The van der Waals surface area contributed by atoms with Crippen molar-refractivity contribution in [2.75, 3.05) is 0 Å². The lowest BCUT2D eigenvalue weighted by molar-refractivity contribution is 0.0810. The lowest BCUT2D eigenvalue weighted by atomic mass is 9.68. The largest absolute Gasteiger partial charge is 0.349 e. The van der Waals surface area contributed by atoms with Crippen LogP contribution in [0.4, 0.5) is 0 Å². The van der Waals surface area contributed by atoms with E-state index in [0.717, 1.165) is 28.5 Å². The highest BCUT2D eigenvalue weighted by Crippen LogP contribution is 2.41. The van der Waals surface area contributed by atoms with Crippen LogP contribution >= 0.6 is 0 Å². The molecule has 0 radical (unpaired) electrons. The van der Waals surface area contributed by atoms with Gasteiger partial charge >= 0.3 is 0 Å². The molecule has 102 valence electrons. The molecule has 3 fully saturated rings. The van der Waals surface area contributed by atoms with Crippen LogP contribution in [0.1, 0.15) is 53.6 Å². The minimum absolute atomic E-state index is 0.115. The Morgan fingerprint density at radius 3 is 2.21 bits per heavy atom. The number of carbonyl (C=O) groups is 1.